The highest BCUT2D eigenvalue weighted by Gasteiger charge is 2.39. The summed E-state index contributed by atoms with van der Waals surface area (Å²) in [6.07, 6.45) is 5.25. The van der Waals surface area contributed by atoms with Crippen molar-refractivity contribution in [3.05, 3.63) is 53.7 Å². The Kier molecular flexibility index (Phi) is 4.71. The normalized spacial score (nSPS) is 24.6. The lowest BCUT2D eigenvalue weighted by Gasteiger charge is -2.48. The first-order valence-corrected chi connectivity index (χ1v) is 9.54. The third-order valence-electron chi connectivity index (χ3n) is 5.76. The molecular formula is C21H28N4. The molecule has 4 heteroatoms. The molecule has 0 saturated carbocycles. The molecule has 1 aromatic heterocycles. The average Bonchev–Trinajstić information content (AvgIpc) is 2.63. The summed E-state index contributed by atoms with van der Waals surface area (Å²) in [7, 11) is 0. The van der Waals surface area contributed by atoms with Gasteiger partial charge >= 0.3 is 0 Å². The first kappa shape index (κ1) is 16.5. The number of hydrogen-bond acceptors (Lipinski definition) is 4. The molecule has 2 aliphatic heterocycles. The maximum absolute atomic E-state index is 4.43. The van der Waals surface area contributed by atoms with Crippen molar-refractivity contribution >= 4 is 5.82 Å². The van der Waals surface area contributed by atoms with Crippen molar-refractivity contribution in [1.29, 1.82) is 0 Å². The molecule has 0 radical (unpaired) electrons. The average molecular weight is 336 g/mol. The molecule has 132 valence electrons. The van der Waals surface area contributed by atoms with Gasteiger partial charge in [-0.15, -0.1) is 5.10 Å². The lowest BCUT2D eigenvalue weighted by molar-refractivity contribution is 0.0682. The number of anilines is 1. The Bertz CT molecular complexity index is 681. The van der Waals surface area contributed by atoms with Gasteiger partial charge in [0.15, 0.2) is 5.82 Å². The van der Waals surface area contributed by atoms with E-state index in [1.807, 2.05) is 6.92 Å². The van der Waals surface area contributed by atoms with Crippen LogP contribution in [0.4, 0.5) is 5.82 Å². The predicted octanol–water partition coefficient (Wildman–Crippen LogP) is 3.67. The second kappa shape index (κ2) is 7.12. The number of piperidine rings is 2. The molecule has 1 aromatic carbocycles. The number of hydrogen-bond donors (Lipinski definition) is 0. The lowest BCUT2D eigenvalue weighted by atomic mass is 9.73. The number of benzene rings is 1. The van der Waals surface area contributed by atoms with Crippen LogP contribution in [0.2, 0.25) is 0 Å². The molecule has 2 aliphatic rings. The second-order valence-corrected chi connectivity index (χ2v) is 7.86. The van der Waals surface area contributed by atoms with Gasteiger partial charge in [-0.2, -0.15) is 5.10 Å². The molecule has 1 spiro atoms. The molecule has 0 amide bonds. The van der Waals surface area contributed by atoms with E-state index in [0.717, 1.165) is 31.1 Å². The Morgan fingerprint density at radius 3 is 2.48 bits per heavy atom. The van der Waals surface area contributed by atoms with E-state index in [-0.39, 0.29) is 0 Å². The van der Waals surface area contributed by atoms with E-state index >= 15 is 0 Å². The van der Waals surface area contributed by atoms with Gasteiger partial charge in [0.2, 0.25) is 0 Å². The van der Waals surface area contributed by atoms with Gasteiger partial charge in [-0.3, -0.25) is 4.90 Å². The van der Waals surface area contributed by atoms with E-state index in [4.69, 9.17) is 0 Å². The van der Waals surface area contributed by atoms with Crippen molar-refractivity contribution in [2.24, 2.45) is 5.41 Å². The van der Waals surface area contributed by atoms with Gasteiger partial charge in [0.05, 0.1) is 5.69 Å². The molecule has 1 unspecified atom stereocenters. The van der Waals surface area contributed by atoms with Crippen LogP contribution in [0.15, 0.2) is 42.5 Å². The zero-order valence-electron chi connectivity index (χ0n) is 15.2. The summed E-state index contributed by atoms with van der Waals surface area (Å²) in [5, 5.41) is 8.69. The summed E-state index contributed by atoms with van der Waals surface area (Å²) in [4.78, 5) is 5.12. The van der Waals surface area contributed by atoms with Crippen LogP contribution in [0.1, 0.15) is 36.9 Å². The van der Waals surface area contributed by atoms with Crippen molar-refractivity contribution in [2.75, 3.05) is 31.1 Å². The molecule has 1 atom stereocenters. The van der Waals surface area contributed by atoms with Crippen molar-refractivity contribution in [3.8, 4) is 0 Å². The number of rotatable bonds is 3. The number of nitrogens with zero attached hydrogens (tertiary/aromatic N) is 4. The highest BCUT2D eigenvalue weighted by Crippen LogP contribution is 2.39. The number of likely N-dealkylation sites (tertiary alicyclic amines) is 1. The Morgan fingerprint density at radius 1 is 0.920 bits per heavy atom. The van der Waals surface area contributed by atoms with Crippen LogP contribution in [0.5, 0.6) is 0 Å². The Balaban J connectivity index is 1.45. The second-order valence-electron chi connectivity index (χ2n) is 7.86. The third kappa shape index (κ3) is 3.84. The summed E-state index contributed by atoms with van der Waals surface area (Å²) in [5.74, 6) is 1.05. The standard InChI is InChI=1S/C21H28N4/c1-18-9-10-20(23-22-18)25-14-6-12-21(17-25)11-5-13-24(16-21)15-19-7-3-2-4-8-19/h2-4,7-10H,5-6,11-17H2,1H3. The molecule has 25 heavy (non-hydrogen) atoms. The Morgan fingerprint density at radius 2 is 1.72 bits per heavy atom. The first-order valence-electron chi connectivity index (χ1n) is 9.54. The minimum atomic E-state index is 0.415. The molecular weight excluding hydrogens is 308 g/mol. The largest absolute Gasteiger partial charge is 0.355 e. The zero-order chi connectivity index (χ0) is 17.1. The van der Waals surface area contributed by atoms with E-state index in [2.05, 4.69) is 62.5 Å². The molecule has 0 N–H and O–H groups in total. The van der Waals surface area contributed by atoms with Gasteiger partial charge in [0.1, 0.15) is 0 Å². The summed E-state index contributed by atoms with van der Waals surface area (Å²) in [6, 6.07) is 15.1. The van der Waals surface area contributed by atoms with Crippen LogP contribution < -0.4 is 4.90 Å². The van der Waals surface area contributed by atoms with Crippen molar-refractivity contribution in [2.45, 2.75) is 39.2 Å². The third-order valence-corrected chi connectivity index (χ3v) is 5.76. The molecule has 3 heterocycles. The minimum Gasteiger partial charge on any atom is -0.355 e. The van der Waals surface area contributed by atoms with E-state index in [0.29, 0.717) is 5.41 Å². The van der Waals surface area contributed by atoms with Crippen LogP contribution in [-0.2, 0) is 6.54 Å². The van der Waals surface area contributed by atoms with Crippen molar-refractivity contribution in [1.82, 2.24) is 15.1 Å². The maximum atomic E-state index is 4.43. The highest BCUT2D eigenvalue weighted by atomic mass is 15.3. The van der Waals surface area contributed by atoms with Crippen molar-refractivity contribution < 1.29 is 0 Å². The zero-order valence-corrected chi connectivity index (χ0v) is 15.2. The fourth-order valence-corrected chi connectivity index (χ4v) is 4.58. The monoisotopic (exact) mass is 336 g/mol. The van der Waals surface area contributed by atoms with Crippen LogP contribution in [-0.4, -0.2) is 41.3 Å². The van der Waals surface area contributed by atoms with Crippen LogP contribution >= 0.6 is 0 Å². The van der Waals surface area contributed by atoms with Gasteiger partial charge in [-0.25, -0.2) is 0 Å². The lowest BCUT2D eigenvalue weighted by Crippen LogP contribution is -2.52. The van der Waals surface area contributed by atoms with Crippen molar-refractivity contribution in [3.63, 3.8) is 0 Å². The van der Waals surface area contributed by atoms with Crippen LogP contribution in [0.3, 0.4) is 0 Å². The molecule has 0 aliphatic carbocycles. The highest BCUT2D eigenvalue weighted by molar-refractivity contribution is 5.38. The van der Waals surface area contributed by atoms with E-state index in [9.17, 15) is 0 Å². The number of aromatic nitrogens is 2. The van der Waals surface area contributed by atoms with Gasteiger partial charge < -0.3 is 4.90 Å². The van der Waals surface area contributed by atoms with Crippen LogP contribution in [0.25, 0.3) is 0 Å². The Labute approximate surface area is 150 Å². The maximum Gasteiger partial charge on any atom is 0.151 e. The molecule has 4 rings (SSSR count). The van der Waals surface area contributed by atoms with E-state index < -0.39 is 0 Å². The fraction of sp³-hybridized carbons (Fsp3) is 0.524. The molecule has 4 nitrogen and oxygen atoms in total. The van der Waals surface area contributed by atoms with E-state index in [1.54, 1.807) is 0 Å². The Hall–Kier alpha value is -1.94. The van der Waals surface area contributed by atoms with Gasteiger partial charge in [-0.1, -0.05) is 30.3 Å². The molecule has 2 aromatic rings. The van der Waals surface area contributed by atoms with Crippen LogP contribution in [0, 0.1) is 12.3 Å². The van der Waals surface area contributed by atoms with E-state index in [1.165, 1.54) is 44.3 Å². The molecule has 0 bridgehead atoms. The summed E-state index contributed by atoms with van der Waals surface area (Å²) >= 11 is 0. The smallest absolute Gasteiger partial charge is 0.151 e. The summed E-state index contributed by atoms with van der Waals surface area (Å²) in [6.45, 7) is 7.73. The fourth-order valence-electron chi connectivity index (χ4n) is 4.58. The minimum absolute atomic E-state index is 0.415. The van der Waals surface area contributed by atoms with Gasteiger partial charge in [0, 0.05) is 31.6 Å². The van der Waals surface area contributed by atoms with Gasteiger partial charge in [-0.05, 0) is 56.8 Å². The summed E-state index contributed by atoms with van der Waals surface area (Å²) in [5.41, 5.74) is 2.83. The topological polar surface area (TPSA) is 32.3 Å². The summed E-state index contributed by atoms with van der Waals surface area (Å²) < 4.78 is 0. The van der Waals surface area contributed by atoms with Gasteiger partial charge in [0.25, 0.3) is 0 Å². The molecule has 2 fully saturated rings. The predicted molar refractivity (Wildman–Crippen MR) is 102 cm³/mol. The molecule has 2 saturated heterocycles. The number of aryl methyl sites for hydroxylation is 1. The first-order chi connectivity index (χ1) is 12.2. The SMILES string of the molecule is Cc1ccc(N2CCCC3(CCCN(Cc4ccccc4)C3)C2)nn1. The quantitative estimate of drug-likeness (QED) is 0.856.